The molecule has 1 aliphatic rings. The summed E-state index contributed by atoms with van der Waals surface area (Å²) in [5.74, 6) is -8.05. The number of likely N-dealkylation sites (tertiary alicyclic amines) is 1. The summed E-state index contributed by atoms with van der Waals surface area (Å²) < 4.78 is 0. The number of nitrogens with two attached hydrogens (primary N) is 4. The van der Waals surface area contributed by atoms with E-state index in [9.17, 15) is 48.3 Å². The van der Waals surface area contributed by atoms with E-state index in [2.05, 4.69) is 41.9 Å². The van der Waals surface area contributed by atoms with Crippen molar-refractivity contribution >= 4 is 70.2 Å². The Balaban J connectivity index is 1.91. The molecule has 3 rings (SSSR count). The van der Waals surface area contributed by atoms with Gasteiger partial charge in [-0.25, -0.2) is 4.79 Å². The van der Waals surface area contributed by atoms with Gasteiger partial charge in [-0.3, -0.25) is 43.3 Å². The Morgan fingerprint density at radius 2 is 1.49 bits per heavy atom. The summed E-state index contributed by atoms with van der Waals surface area (Å²) in [5, 5.41) is 35.4. The molecule has 7 amide bonds. The largest absolute Gasteiger partial charge is 0.481 e. The van der Waals surface area contributed by atoms with Crippen LogP contribution in [0, 0.1) is 11.8 Å². The zero-order valence-corrected chi connectivity index (χ0v) is 41.2. The van der Waals surface area contributed by atoms with Crippen molar-refractivity contribution in [2.75, 3.05) is 26.2 Å². The summed E-state index contributed by atoms with van der Waals surface area (Å²) in [6.45, 7) is 7.12. The average molecular weight is 998 g/mol. The smallest absolute Gasteiger partial charge is 0.326 e. The molecule has 1 aliphatic heterocycles. The van der Waals surface area contributed by atoms with Crippen molar-refractivity contribution in [3.63, 3.8) is 0 Å². The summed E-state index contributed by atoms with van der Waals surface area (Å²) >= 11 is 0. The SMILES string of the molecule is CC[C@H](C)[C@H](NC(=O)[C@H](Cc1c[nH]c2ccccc12)NC(=O)[C@@H]1CCCN1C(=O)[C@H](CCCN=C(N)N)NC(=O)[C@H](CCCCN)NC(=O)CNC(=O)[C@@H](N)CCC(=O)O)C(=O)N[C@@H](CC(C)C)C(=O)O. The molecule has 0 bridgehead atoms. The number of rotatable bonds is 31. The van der Waals surface area contributed by atoms with Crippen LogP contribution in [0.5, 0.6) is 0 Å². The number of aliphatic carboxylic acids is 2. The molecule has 2 aromatic rings. The highest BCUT2D eigenvalue weighted by molar-refractivity contribution is 5.98. The summed E-state index contributed by atoms with van der Waals surface area (Å²) in [5.41, 5.74) is 24.0. The quantitative estimate of drug-likeness (QED) is 0.0240. The molecule has 394 valence electrons. The Kier molecular flexibility index (Phi) is 24.2. The number of aliphatic imine (C=N–C) groups is 1. The number of unbranched alkanes of at least 4 members (excludes halogenated alkanes) is 1. The first kappa shape index (κ1) is 58.5. The fourth-order valence-corrected chi connectivity index (χ4v) is 8.16. The number of amides is 7. The zero-order chi connectivity index (χ0) is 52.8. The van der Waals surface area contributed by atoms with Crippen molar-refractivity contribution in [1.82, 2.24) is 41.8 Å². The molecule has 24 heteroatoms. The summed E-state index contributed by atoms with van der Waals surface area (Å²) in [7, 11) is 0. The predicted octanol–water partition coefficient (Wildman–Crippen LogP) is -1.21. The number of hydrogen-bond acceptors (Lipinski definition) is 12. The summed E-state index contributed by atoms with van der Waals surface area (Å²) in [4.78, 5) is 128. The Labute approximate surface area is 413 Å². The molecule has 0 unspecified atom stereocenters. The molecule has 0 saturated carbocycles. The molecule has 24 nitrogen and oxygen atoms in total. The molecular formula is C47H75N13O11. The maximum Gasteiger partial charge on any atom is 0.326 e. The number of carboxylic acid groups (broad SMARTS) is 2. The first-order valence-corrected chi connectivity index (χ1v) is 24.3. The second-order valence-electron chi connectivity index (χ2n) is 18.4. The number of H-pyrrole nitrogens is 1. The number of aromatic nitrogens is 1. The topological polar surface area (TPSA) is 402 Å². The first-order chi connectivity index (χ1) is 33.7. The van der Waals surface area contributed by atoms with Crippen molar-refractivity contribution in [2.45, 2.75) is 147 Å². The standard InChI is InChI=1S/C47H75N13O11/c1-5-27(4)39(44(68)58-35(46(70)71)22-26(2)3)59-42(66)34(23-28-24-53-31-13-7-6-12-29(28)31)57-43(67)36-16-11-21-60(36)45(69)33(15-10-20-52-47(50)51)56-41(65)32(14-8-9-19-48)55-37(61)25-54-40(64)30(49)17-18-38(62)63/h6-7,12-13,24,26-27,30,32-36,39,53H,5,8-11,14-23,25,48-49H2,1-4H3,(H,54,64)(H,55,61)(H,56,65)(H,57,67)(H,58,68)(H,59,66)(H,62,63)(H,70,71)(H4,50,51,52)/t27-,30-,32-,33-,34-,35-,36-,39-/m0/s1. The maximum absolute atomic E-state index is 14.6. The normalized spacial score (nSPS) is 16.3. The lowest BCUT2D eigenvalue weighted by Crippen LogP contribution is -2.60. The van der Waals surface area contributed by atoms with Gasteiger partial charge in [0.1, 0.15) is 36.3 Å². The second kappa shape index (κ2) is 29.4. The summed E-state index contributed by atoms with van der Waals surface area (Å²) in [6, 6.07) is -1.06. The van der Waals surface area contributed by atoms with Crippen molar-refractivity contribution < 1.29 is 53.4 Å². The minimum absolute atomic E-state index is 0.00448. The lowest BCUT2D eigenvalue weighted by molar-refractivity contribution is -0.143. The highest BCUT2D eigenvalue weighted by Gasteiger charge is 2.40. The predicted molar refractivity (Wildman–Crippen MR) is 264 cm³/mol. The number of fused-ring (bicyclic) bond motifs is 1. The number of aromatic amines is 1. The minimum atomic E-state index is -1.29. The lowest BCUT2D eigenvalue weighted by Gasteiger charge is -2.31. The van der Waals surface area contributed by atoms with E-state index in [0.29, 0.717) is 37.8 Å². The number of hydrogen-bond donors (Lipinski definition) is 13. The van der Waals surface area contributed by atoms with Crippen molar-refractivity contribution in [1.29, 1.82) is 0 Å². The number of para-hydroxylation sites is 1. The molecule has 1 fully saturated rings. The van der Waals surface area contributed by atoms with Gasteiger partial charge in [0.25, 0.3) is 0 Å². The molecule has 0 aliphatic carbocycles. The molecule has 71 heavy (non-hydrogen) atoms. The van der Waals surface area contributed by atoms with Gasteiger partial charge in [-0.1, -0.05) is 52.3 Å². The molecule has 1 aromatic carbocycles. The van der Waals surface area contributed by atoms with E-state index < -0.39 is 108 Å². The van der Waals surface area contributed by atoms with Gasteiger partial charge in [0.2, 0.25) is 41.4 Å². The van der Waals surface area contributed by atoms with Crippen LogP contribution in [-0.2, 0) is 49.6 Å². The Bertz CT molecular complexity index is 2180. The number of nitrogens with one attached hydrogen (secondary N) is 7. The van der Waals surface area contributed by atoms with E-state index >= 15 is 0 Å². The number of carbonyl (C=O) groups excluding carboxylic acids is 7. The van der Waals surface area contributed by atoms with Crippen molar-refractivity contribution in [3.8, 4) is 0 Å². The molecule has 0 spiro atoms. The Hall–Kier alpha value is -6.82. The number of nitrogens with zero attached hydrogens (tertiary/aromatic N) is 2. The van der Waals surface area contributed by atoms with E-state index in [-0.39, 0.29) is 76.3 Å². The lowest BCUT2D eigenvalue weighted by atomic mass is 9.96. The van der Waals surface area contributed by atoms with Crippen molar-refractivity contribution in [2.24, 2.45) is 39.8 Å². The van der Waals surface area contributed by atoms with Crippen LogP contribution in [0.3, 0.4) is 0 Å². The van der Waals surface area contributed by atoms with Crippen LogP contribution < -0.4 is 54.8 Å². The van der Waals surface area contributed by atoms with Gasteiger partial charge >= 0.3 is 11.9 Å². The van der Waals surface area contributed by atoms with Gasteiger partial charge < -0.3 is 74.9 Å². The number of carbonyl (C=O) groups is 9. The van der Waals surface area contributed by atoms with Crippen LogP contribution in [0.1, 0.15) is 104 Å². The van der Waals surface area contributed by atoms with E-state index in [0.717, 1.165) is 10.9 Å². The molecule has 17 N–H and O–H groups in total. The van der Waals surface area contributed by atoms with Crippen LogP contribution in [0.25, 0.3) is 10.9 Å². The van der Waals surface area contributed by atoms with Gasteiger partial charge in [-0.05, 0) is 87.8 Å². The number of guanidine groups is 1. The molecular weight excluding hydrogens is 923 g/mol. The highest BCUT2D eigenvalue weighted by atomic mass is 16.4. The fraction of sp³-hybridized carbons (Fsp3) is 0.617. The second-order valence-corrected chi connectivity index (χ2v) is 18.4. The first-order valence-electron chi connectivity index (χ1n) is 24.3. The third kappa shape index (κ3) is 19.1. The average Bonchev–Trinajstić information content (AvgIpc) is 3.99. The van der Waals surface area contributed by atoms with Crippen LogP contribution >= 0.6 is 0 Å². The van der Waals surface area contributed by atoms with Gasteiger partial charge in [0.05, 0.1) is 12.6 Å². The molecule has 8 atom stereocenters. The maximum atomic E-state index is 14.6. The van der Waals surface area contributed by atoms with Crippen LogP contribution in [0.15, 0.2) is 35.5 Å². The Morgan fingerprint density at radius 3 is 2.14 bits per heavy atom. The van der Waals surface area contributed by atoms with Gasteiger partial charge in [0.15, 0.2) is 5.96 Å². The molecule has 2 heterocycles. The van der Waals surface area contributed by atoms with E-state index in [1.54, 1.807) is 13.1 Å². The third-order valence-corrected chi connectivity index (χ3v) is 12.3. The van der Waals surface area contributed by atoms with Gasteiger partial charge in [-0.2, -0.15) is 0 Å². The number of benzene rings is 1. The highest BCUT2D eigenvalue weighted by Crippen LogP contribution is 2.23. The van der Waals surface area contributed by atoms with E-state index in [1.807, 2.05) is 45.0 Å². The third-order valence-electron chi connectivity index (χ3n) is 12.3. The summed E-state index contributed by atoms with van der Waals surface area (Å²) in [6.07, 6.45) is 3.53. The van der Waals surface area contributed by atoms with Gasteiger partial charge in [0, 0.05) is 43.0 Å². The van der Waals surface area contributed by atoms with Crippen LogP contribution in [-0.4, -0.2) is 148 Å². The fourth-order valence-electron chi connectivity index (χ4n) is 8.16. The molecule has 1 saturated heterocycles. The van der Waals surface area contributed by atoms with E-state index in [1.165, 1.54) is 4.90 Å². The molecule has 0 radical (unpaired) electrons. The monoisotopic (exact) mass is 998 g/mol. The van der Waals surface area contributed by atoms with Crippen LogP contribution in [0.2, 0.25) is 0 Å². The van der Waals surface area contributed by atoms with Gasteiger partial charge in [-0.15, -0.1) is 0 Å². The number of carboxylic acids is 2. The van der Waals surface area contributed by atoms with Crippen molar-refractivity contribution in [3.05, 3.63) is 36.0 Å². The molecule has 1 aromatic heterocycles. The van der Waals surface area contributed by atoms with E-state index in [4.69, 9.17) is 28.0 Å². The Morgan fingerprint density at radius 1 is 0.817 bits per heavy atom. The van der Waals surface area contributed by atoms with Crippen LogP contribution in [0.4, 0.5) is 0 Å². The minimum Gasteiger partial charge on any atom is -0.481 e. The zero-order valence-electron chi connectivity index (χ0n) is 41.2.